The number of ether oxygens (including phenoxy) is 2. The first-order chi connectivity index (χ1) is 8.74. The van der Waals surface area contributed by atoms with Crippen LogP contribution in [0, 0.1) is 5.82 Å². The van der Waals surface area contributed by atoms with Crippen molar-refractivity contribution in [2.45, 2.75) is 26.3 Å². The van der Waals surface area contributed by atoms with E-state index in [-0.39, 0.29) is 17.6 Å². The second-order valence-electron chi connectivity index (χ2n) is 4.05. The molecule has 3 nitrogen and oxygen atoms in total. The van der Waals surface area contributed by atoms with E-state index in [1.807, 2.05) is 13.8 Å². The maximum absolute atomic E-state index is 14.1. The molecule has 0 saturated heterocycles. The van der Waals surface area contributed by atoms with E-state index in [4.69, 9.17) is 9.47 Å². The zero-order valence-corrected chi connectivity index (χ0v) is 11.3. The fourth-order valence-electron chi connectivity index (χ4n) is 1.81. The Morgan fingerprint density at radius 2 is 2.11 bits per heavy atom. The molecule has 0 fully saturated rings. The fraction of sp³-hybridized carbons (Fsp3) is 0.571. The van der Waals surface area contributed by atoms with E-state index in [1.54, 1.807) is 18.2 Å². The van der Waals surface area contributed by atoms with E-state index in [2.05, 4.69) is 5.32 Å². The van der Waals surface area contributed by atoms with E-state index in [0.29, 0.717) is 18.8 Å². The van der Waals surface area contributed by atoms with Crippen LogP contribution < -0.4 is 10.1 Å². The number of hydrogen-bond donors (Lipinski definition) is 1. The van der Waals surface area contributed by atoms with Gasteiger partial charge in [-0.15, -0.1) is 0 Å². The lowest BCUT2D eigenvalue weighted by molar-refractivity contribution is 0.111. The predicted molar refractivity (Wildman–Crippen MR) is 70.5 cm³/mol. The van der Waals surface area contributed by atoms with Gasteiger partial charge in [0.05, 0.1) is 19.8 Å². The van der Waals surface area contributed by atoms with Crippen LogP contribution in [0.1, 0.15) is 31.9 Å². The van der Waals surface area contributed by atoms with Gasteiger partial charge in [0.1, 0.15) is 0 Å². The Labute approximate surface area is 108 Å². The van der Waals surface area contributed by atoms with Crippen molar-refractivity contribution >= 4 is 0 Å². The van der Waals surface area contributed by atoms with Crippen LogP contribution in [0.4, 0.5) is 4.39 Å². The highest BCUT2D eigenvalue weighted by Crippen LogP contribution is 2.25. The minimum absolute atomic E-state index is 0.142. The molecule has 1 N–H and O–H groups in total. The van der Waals surface area contributed by atoms with Crippen molar-refractivity contribution in [2.75, 3.05) is 26.9 Å². The lowest BCUT2D eigenvalue weighted by Gasteiger charge is -2.19. The van der Waals surface area contributed by atoms with Crippen molar-refractivity contribution in [1.29, 1.82) is 0 Å². The number of rotatable bonds is 8. The number of benzene rings is 1. The maximum Gasteiger partial charge on any atom is 0.169 e. The molecule has 1 aromatic carbocycles. The monoisotopic (exact) mass is 255 g/mol. The Kier molecular flexibility index (Phi) is 6.68. The molecular formula is C14H22FNO2. The van der Waals surface area contributed by atoms with Gasteiger partial charge in [0.15, 0.2) is 11.6 Å². The van der Waals surface area contributed by atoms with Crippen molar-refractivity contribution in [2.24, 2.45) is 0 Å². The highest BCUT2D eigenvalue weighted by atomic mass is 19.1. The normalized spacial score (nSPS) is 12.4. The minimum atomic E-state index is -0.314. The molecule has 1 atom stereocenters. The third kappa shape index (κ3) is 3.96. The van der Waals surface area contributed by atoms with Gasteiger partial charge in [0, 0.05) is 12.2 Å². The van der Waals surface area contributed by atoms with Gasteiger partial charge in [0.25, 0.3) is 0 Å². The summed E-state index contributed by atoms with van der Waals surface area (Å²) in [5.74, 6) is -0.0445. The lowest BCUT2D eigenvalue weighted by Crippen LogP contribution is -2.26. The first-order valence-corrected chi connectivity index (χ1v) is 6.38. The quantitative estimate of drug-likeness (QED) is 0.724. The zero-order chi connectivity index (χ0) is 13.4. The standard InChI is InChI=1S/C14H22FNO2/c1-4-9-18-10-12(16-5-2)11-7-6-8-13(17-3)14(11)15/h6-8,12,16H,4-5,9-10H2,1-3H3. The second-order valence-corrected chi connectivity index (χ2v) is 4.05. The Balaban J connectivity index is 2.83. The molecule has 4 heteroatoms. The first-order valence-electron chi connectivity index (χ1n) is 6.38. The Bertz CT molecular complexity index is 358. The van der Waals surface area contributed by atoms with Crippen LogP contribution >= 0.6 is 0 Å². The Morgan fingerprint density at radius 1 is 1.33 bits per heavy atom. The van der Waals surface area contributed by atoms with E-state index in [1.165, 1.54) is 7.11 Å². The van der Waals surface area contributed by atoms with Gasteiger partial charge in [-0.25, -0.2) is 4.39 Å². The average molecular weight is 255 g/mol. The van der Waals surface area contributed by atoms with Gasteiger partial charge in [-0.1, -0.05) is 26.0 Å². The van der Waals surface area contributed by atoms with Crippen LogP contribution in [0.5, 0.6) is 5.75 Å². The molecule has 0 amide bonds. The molecule has 0 aliphatic heterocycles. The van der Waals surface area contributed by atoms with Gasteiger partial charge < -0.3 is 14.8 Å². The largest absolute Gasteiger partial charge is 0.494 e. The highest BCUT2D eigenvalue weighted by Gasteiger charge is 2.17. The number of hydrogen-bond acceptors (Lipinski definition) is 3. The summed E-state index contributed by atoms with van der Waals surface area (Å²) in [6, 6.07) is 5.04. The summed E-state index contributed by atoms with van der Waals surface area (Å²) in [7, 11) is 1.47. The fourth-order valence-corrected chi connectivity index (χ4v) is 1.81. The molecule has 0 aliphatic carbocycles. The summed E-state index contributed by atoms with van der Waals surface area (Å²) < 4.78 is 24.6. The van der Waals surface area contributed by atoms with Crippen LogP contribution in [0.25, 0.3) is 0 Å². The molecule has 1 unspecified atom stereocenters. The van der Waals surface area contributed by atoms with Crippen LogP contribution in [-0.2, 0) is 4.74 Å². The van der Waals surface area contributed by atoms with Gasteiger partial charge in [-0.2, -0.15) is 0 Å². The molecule has 0 aliphatic rings. The topological polar surface area (TPSA) is 30.5 Å². The van der Waals surface area contributed by atoms with Crippen molar-refractivity contribution < 1.29 is 13.9 Å². The first kappa shape index (κ1) is 14.9. The summed E-state index contributed by atoms with van der Waals surface area (Å²) in [6.45, 7) is 5.95. The molecular weight excluding hydrogens is 233 g/mol. The summed E-state index contributed by atoms with van der Waals surface area (Å²) in [6.07, 6.45) is 0.958. The molecule has 0 bridgehead atoms. The van der Waals surface area contributed by atoms with Crippen LogP contribution in [0.2, 0.25) is 0 Å². The van der Waals surface area contributed by atoms with Crippen LogP contribution in [0.15, 0.2) is 18.2 Å². The highest BCUT2D eigenvalue weighted by molar-refractivity contribution is 5.33. The SMILES string of the molecule is CCCOCC(NCC)c1cccc(OC)c1F. The molecule has 102 valence electrons. The van der Waals surface area contributed by atoms with Crippen LogP contribution in [0.3, 0.4) is 0 Å². The van der Waals surface area contributed by atoms with Gasteiger partial charge in [0.2, 0.25) is 0 Å². The number of methoxy groups -OCH3 is 1. The van der Waals surface area contributed by atoms with Crippen molar-refractivity contribution in [1.82, 2.24) is 5.32 Å². The maximum atomic E-state index is 14.1. The smallest absolute Gasteiger partial charge is 0.169 e. The second kappa shape index (κ2) is 8.06. The zero-order valence-electron chi connectivity index (χ0n) is 11.3. The van der Waals surface area contributed by atoms with Crippen molar-refractivity contribution in [3.8, 4) is 5.75 Å². The van der Waals surface area contributed by atoms with E-state index < -0.39 is 0 Å². The molecule has 0 heterocycles. The number of halogens is 1. The molecule has 0 radical (unpaired) electrons. The molecule has 1 rings (SSSR count). The van der Waals surface area contributed by atoms with Gasteiger partial charge in [-0.05, 0) is 19.0 Å². The average Bonchev–Trinajstić information content (AvgIpc) is 2.38. The summed E-state index contributed by atoms with van der Waals surface area (Å²) >= 11 is 0. The van der Waals surface area contributed by atoms with Gasteiger partial charge >= 0.3 is 0 Å². The minimum Gasteiger partial charge on any atom is -0.494 e. The molecule has 0 spiro atoms. The third-order valence-corrected chi connectivity index (χ3v) is 2.67. The van der Waals surface area contributed by atoms with E-state index in [9.17, 15) is 4.39 Å². The molecule has 1 aromatic rings. The third-order valence-electron chi connectivity index (χ3n) is 2.67. The number of nitrogens with one attached hydrogen (secondary N) is 1. The Morgan fingerprint density at radius 3 is 2.72 bits per heavy atom. The Hall–Kier alpha value is -1.13. The van der Waals surface area contributed by atoms with E-state index in [0.717, 1.165) is 13.0 Å². The summed E-state index contributed by atoms with van der Waals surface area (Å²) in [5, 5.41) is 3.23. The number of likely N-dealkylation sites (N-methyl/N-ethyl adjacent to an activating group) is 1. The summed E-state index contributed by atoms with van der Waals surface area (Å²) in [5.41, 5.74) is 0.590. The van der Waals surface area contributed by atoms with Crippen molar-refractivity contribution in [3.63, 3.8) is 0 Å². The van der Waals surface area contributed by atoms with Crippen molar-refractivity contribution in [3.05, 3.63) is 29.6 Å². The summed E-state index contributed by atoms with van der Waals surface area (Å²) in [4.78, 5) is 0. The molecule has 18 heavy (non-hydrogen) atoms. The van der Waals surface area contributed by atoms with Gasteiger partial charge in [-0.3, -0.25) is 0 Å². The molecule has 0 aromatic heterocycles. The molecule has 0 saturated carbocycles. The predicted octanol–water partition coefficient (Wildman–Crippen LogP) is 2.91. The van der Waals surface area contributed by atoms with E-state index >= 15 is 0 Å². The van der Waals surface area contributed by atoms with Crippen LogP contribution in [-0.4, -0.2) is 26.9 Å². The lowest BCUT2D eigenvalue weighted by atomic mass is 10.1.